The van der Waals surface area contributed by atoms with E-state index in [1.54, 1.807) is 25.1 Å². The lowest BCUT2D eigenvalue weighted by molar-refractivity contribution is -0.120. The Labute approximate surface area is 146 Å². The number of carbonyl (C=O) groups excluding carboxylic acids is 2. The molecule has 1 aliphatic rings. The van der Waals surface area contributed by atoms with E-state index in [2.05, 4.69) is 21.2 Å². The van der Waals surface area contributed by atoms with Crippen LogP contribution in [0.15, 0.2) is 27.1 Å². The number of halogens is 1. The summed E-state index contributed by atoms with van der Waals surface area (Å²) in [4.78, 5) is 26.1. The van der Waals surface area contributed by atoms with E-state index >= 15 is 0 Å². The Morgan fingerprint density at radius 2 is 2.25 bits per heavy atom. The minimum atomic E-state index is -0.748. The van der Waals surface area contributed by atoms with Crippen molar-refractivity contribution in [3.8, 4) is 0 Å². The van der Waals surface area contributed by atoms with Crippen LogP contribution in [0.4, 0.5) is 5.69 Å². The molecule has 2 amide bonds. The van der Waals surface area contributed by atoms with Gasteiger partial charge in [-0.25, -0.2) is 0 Å². The largest absolute Gasteiger partial charge is 0.449 e. The van der Waals surface area contributed by atoms with Crippen LogP contribution in [0.2, 0.25) is 0 Å². The maximum absolute atomic E-state index is 12.6. The van der Waals surface area contributed by atoms with Gasteiger partial charge >= 0.3 is 0 Å². The van der Waals surface area contributed by atoms with Crippen LogP contribution in [0.3, 0.4) is 0 Å². The number of fused-ring (bicyclic) bond motifs is 1. The molecular formula is C16H18BrN3O4. The Balaban J connectivity index is 1.90. The first-order valence-electron chi connectivity index (χ1n) is 7.61. The fourth-order valence-corrected chi connectivity index (χ4v) is 3.24. The lowest BCUT2D eigenvalue weighted by atomic mass is 10.2. The van der Waals surface area contributed by atoms with Crippen LogP contribution in [-0.2, 0) is 4.79 Å². The van der Waals surface area contributed by atoms with E-state index < -0.39 is 18.1 Å². The van der Waals surface area contributed by atoms with Gasteiger partial charge in [0.2, 0.25) is 11.7 Å². The van der Waals surface area contributed by atoms with Gasteiger partial charge in [-0.2, -0.15) is 0 Å². The molecule has 3 rings (SSSR count). The van der Waals surface area contributed by atoms with Crippen LogP contribution in [0.5, 0.6) is 0 Å². The van der Waals surface area contributed by atoms with Gasteiger partial charge in [0.1, 0.15) is 11.3 Å². The van der Waals surface area contributed by atoms with Crippen LogP contribution < -0.4 is 11.1 Å². The predicted octanol–water partition coefficient (Wildman–Crippen LogP) is 1.69. The number of hydrogen-bond donors (Lipinski definition) is 3. The zero-order valence-corrected chi connectivity index (χ0v) is 14.7. The van der Waals surface area contributed by atoms with Crippen LogP contribution in [0, 0.1) is 0 Å². The first kappa shape index (κ1) is 16.9. The summed E-state index contributed by atoms with van der Waals surface area (Å²) in [6, 6.07) is 4.78. The van der Waals surface area contributed by atoms with Crippen molar-refractivity contribution in [2.24, 2.45) is 5.73 Å². The van der Waals surface area contributed by atoms with Crippen molar-refractivity contribution in [2.75, 3.05) is 18.4 Å². The fraction of sp³-hybridized carbons (Fsp3) is 0.375. The topological polar surface area (TPSA) is 109 Å². The van der Waals surface area contributed by atoms with E-state index in [1.165, 1.54) is 0 Å². The highest BCUT2D eigenvalue weighted by Gasteiger charge is 2.30. The molecule has 8 heteroatoms. The number of anilines is 1. The van der Waals surface area contributed by atoms with Crippen LogP contribution in [0.1, 0.15) is 23.9 Å². The molecule has 1 saturated heterocycles. The Morgan fingerprint density at radius 3 is 2.88 bits per heavy atom. The number of primary amides is 1. The molecule has 1 aromatic carbocycles. The number of nitrogens with zero attached hydrogens (tertiary/aromatic N) is 1. The molecule has 0 saturated carbocycles. The van der Waals surface area contributed by atoms with Gasteiger partial charge in [-0.1, -0.05) is 15.9 Å². The smallest absolute Gasteiger partial charge is 0.286 e. The molecule has 0 radical (unpaired) electrons. The maximum atomic E-state index is 12.6. The lowest BCUT2D eigenvalue weighted by Crippen LogP contribution is -2.41. The molecule has 0 aliphatic carbocycles. The van der Waals surface area contributed by atoms with E-state index in [4.69, 9.17) is 10.2 Å². The average molecular weight is 396 g/mol. The highest BCUT2D eigenvalue weighted by Crippen LogP contribution is 2.33. The molecule has 0 bridgehead atoms. The average Bonchev–Trinajstić information content (AvgIpc) is 3.11. The number of likely N-dealkylation sites (tertiary alicyclic amines) is 1. The summed E-state index contributed by atoms with van der Waals surface area (Å²) in [6.45, 7) is 2.86. The van der Waals surface area contributed by atoms with E-state index in [1.807, 2.05) is 4.90 Å². The van der Waals surface area contributed by atoms with Crippen molar-refractivity contribution in [3.05, 3.63) is 28.4 Å². The quantitative estimate of drug-likeness (QED) is 0.729. The molecule has 1 aliphatic heterocycles. The zero-order chi connectivity index (χ0) is 17.4. The van der Waals surface area contributed by atoms with Crippen LogP contribution in [-0.4, -0.2) is 47.1 Å². The molecule has 2 heterocycles. The fourth-order valence-electron chi connectivity index (χ4n) is 2.88. The van der Waals surface area contributed by atoms with Gasteiger partial charge in [0.25, 0.3) is 5.91 Å². The van der Waals surface area contributed by atoms with E-state index in [-0.39, 0.29) is 17.4 Å². The minimum absolute atomic E-state index is 0.0786. The summed E-state index contributed by atoms with van der Waals surface area (Å²) in [5.74, 6) is -1.11. The standard InChI is InChI=1S/C16H18BrN3O4/c1-8(20-5-4-10(21)7-20)16(23)19-13-11-6-9(17)2-3-12(11)24-14(13)15(18)22/h2-3,6,8,10,21H,4-5,7H2,1H3,(H2,18,22)(H,19,23)/t8?,10-/m0/s1. The highest BCUT2D eigenvalue weighted by atomic mass is 79.9. The molecule has 128 valence electrons. The lowest BCUT2D eigenvalue weighted by Gasteiger charge is -2.22. The van der Waals surface area contributed by atoms with Crippen molar-refractivity contribution in [1.82, 2.24) is 4.90 Å². The number of benzene rings is 1. The van der Waals surface area contributed by atoms with Crippen molar-refractivity contribution in [1.29, 1.82) is 0 Å². The number of β-amino-alcohol motifs (C(OH)–C–C–N with tert-alkyl or cyclic N) is 1. The first-order chi connectivity index (χ1) is 11.4. The Bertz CT molecular complexity index is 804. The third-order valence-corrected chi connectivity index (χ3v) is 4.74. The molecule has 2 aromatic rings. The van der Waals surface area contributed by atoms with E-state index in [0.29, 0.717) is 30.5 Å². The highest BCUT2D eigenvalue weighted by molar-refractivity contribution is 9.10. The Hall–Kier alpha value is -1.90. The molecule has 24 heavy (non-hydrogen) atoms. The third kappa shape index (κ3) is 3.17. The minimum Gasteiger partial charge on any atom is -0.449 e. The summed E-state index contributed by atoms with van der Waals surface area (Å²) < 4.78 is 6.26. The zero-order valence-electron chi connectivity index (χ0n) is 13.1. The summed E-state index contributed by atoms with van der Waals surface area (Å²) in [5.41, 5.74) is 6.11. The summed E-state index contributed by atoms with van der Waals surface area (Å²) >= 11 is 3.36. The van der Waals surface area contributed by atoms with Gasteiger partial charge in [0.15, 0.2) is 0 Å². The molecule has 1 aromatic heterocycles. The summed E-state index contributed by atoms with van der Waals surface area (Å²) in [6.07, 6.45) is 0.235. The summed E-state index contributed by atoms with van der Waals surface area (Å²) in [5, 5.41) is 13.0. The van der Waals surface area contributed by atoms with Crippen molar-refractivity contribution in [3.63, 3.8) is 0 Å². The number of hydrogen-bond acceptors (Lipinski definition) is 5. The Morgan fingerprint density at radius 1 is 1.50 bits per heavy atom. The molecular weight excluding hydrogens is 378 g/mol. The SMILES string of the molecule is CC(C(=O)Nc1c(C(N)=O)oc2ccc(Br)cc12)N1CC[C@H](O)C1. The maximum Gasteiger partial charge on any atom is 0.286 e. The second-order valence-electron chi connectivity index (χ2n) is 5.91. The molecule has 1 unspecified atom stereocenters. The van der Waals surface area contributed by atoms with Crippen molar-refractivity contribution < 1.29 is 19.1 Å². The summed E-state index contributed by atoms with van der Waals surface area (Å²) in [7, 11) is 0. The number of furan rings is 1. The predicted molar refractivity (Wildman–Crippen MR) is 92.7 cm³/mol. The number of aliphatic hydroxyl groups excluding tert-OH is 1. The number of rotatable bonds is 4. The van der Waals surface area contributed by atoms with E-state index in [9.17, 15) is 14.7 Å². The van der Waals surface area contributed by atoms with Gasteiger partial charge < -0.3 is 20.6 Å². The monoisotopic (exact) mass is 395 g/mol. The van der Waals surface area contributed by atoms with Crippen LogP contribution in [0.25, 0.3) is 11.0 Å². The molecule has 1 fully saturated rings. The molecule has 2 atom stereocenters. The third-order valence-electron chi connectivity index (χ3n) is 4.24. The van der Waals surface area contributed by atoms with E-state index in [0.717, 1.165) is 4.47 Å². The van der Waals surface area contributed by atoms with Crippen molar-refractivity contribution in [2.45, 2.75) is 25.5 Å². The van der Waals surface area contributed by atoms with Gasteiger partial charge in [0, 0.05) is 22.9 Å². The normalized spacial score (nSPS) is 19.5. The number of carbonyl (C=O) groups is 2. The van der Waals surface area contributed by atoms with Gasteiger partial charge in [-0.15, -0.1) is 0 Å². The van der Waals surface area contributed by atoms with Gasteiger partial charge in [-0.05, 0) is 31.5 Å². The molecule has 7 nitrogen and oxygen atoms in total. The van der Waals surface area contributed by atoms with Crippen molar-refractivity contribution >= 4 is 44.4 Å². The second kappa shape index (κ2) is 6.54. The molecule has 0 spiro atoms. The number of aliphatic hydroxyl groups is 1. The Kier molecular flexibility index (Phi) is 4.62. The van der Waals surface area contributed by atoms with Gasteiger partial charge in [-0.3, -0.25) is 14.5 Å². The number of nitrogens with one attached hydrogen (secondary N) is 1. The number of amides is 2. The first-order valence-corrected chi connectivity index (χ1v) is 8.41. The number of nitrogens with two attached hydrogens (primary N) is 1. The van der Waals surface area contributed by atoms with Gasteiger partial charge in [0.05, 0.1) is 12.1 Å². The molecule has 4 N–H and O–H groups in total. The van der Waals surface area contributed by atoms with Crippen LogP contribution >= 0.6 is 15.9 Å². The second-order valence-corrected chi connectivity index (χ2v) is 6.83.